The van der Waals surface area contributed by atoms with Crippen molar-refractivity contribution in [3.8, 4) is 0 Å². The number of carbonyl (C=O) groups is 3. The molecule has 0 unspecified atom stereocenters. The predicted molar refractivity (Wildman–Crippen MR) is 177 cm³/mol. The first kappa shape index (κ1) is 32.2. The summed E-state index contributed by atoms with van der Waals surface area (Å²) in [5.74, 6) is -0.234. The maximum absolute atomic E-state index is 14.1. The van der Waals surface area contributed by atoms with Crippen LogP contribution in [0.25, 0.3) is 10.1 Å². The van der Waals surface area contributed by atoms with Gasteiger partial charge in [0.1, 0.15) is 12.1 Å². The number of hydrogen-bond acceptors (Lipinski definition) is 8. The Morgan fingerprint density at radius 3 is 2.64 bits per heavy atom. The summed E-state index contributed by atoms with van der Waals surface area (Å²) in [7, 11) is -2.49. The Kier molecular flexibility index (Phi) is 8.63. The molecule has 4 aliphatic rings. The fraction of sp³-hybridized carbons (Fsp3) is 0.515. The van der Waals surface area contributed by atoms with E-state index in [1.165, 1.54) is 11.3 Å². The minimum absolute atomic E-state index is 0.0267. The Morgan fingerprint density at radius 1 is 1.11 bits per heavy atom. The summed E-state index contributed by atoms with van der Waals surface area (Å²) >= 11 is 1.27. The van der Waals surface area contributed by atoms with E-state index in [-0.39, 0.29) is 47.9 Å². The lowest BCUT2D eigenvalue weighted by molar-refractivity contribution is -0.148. The van der Waals surface area contributed by atoms with Crippen LogP contribution in [0.15, 0.2) is 42.7 Å². The number of fused-ring (bicyclic) bond motifs is 2. The molecule has 3 aromatic rings. The molecule has 3 N–H and O–H groups in total. The third-order valence-electron chi connectivity index (χ3n) is 10.1. The molecular formula is C33H40N5O7PS. The highest BCUT2D eigenvalue weighted by Crippen LogP contribution is 2.41. The van der Waals surface area contributed by atoms with Crippen LogP contribution in [0.4, 0.5) is 5.69 Å². The average molecular weight is 682 g/mol. The van der Waals surface area contributed by atoms with Crippen LogP contribution >= 0.6 is 18.9 Å². The highest BCUT2D eigenvalue weighted by atomic mass is 32.1. The zero-order valence-electron chi connectivity index (χ0n) is 26.4. The molecule has 250 valence electrons. The van der Waals surface area contributed by atoms with Gasteiger partial charge < -0.3 is 34.5 Å². The minimum Gasteiger partial charge on any atom is -0.378 e. The first-order chi connectivity index (χ1) is 22.5. The van der Waals surface area contributed by atoms with Crippen LogP contribution in [0.2, 0.25) is 0 Å². The Morgan fingerprint density at radius 2 is 1.89 bits per heavy atom. The summed E-state index contributed by atoms with van der Waals surface area (Å²) in [5.41, 5.74) is 2.77. The van der Waals surface area contributed by atoms with Crippen molar-refractivity contribution in [3.63, 3.8) is 0 Å². The van der Waals surface area contributed by atoms with Gasteiger partial charge in [-0.2, -0.15) is 0 Å². The minimum atomic E-state index is -4.22. The van der Waals surface area contributed by atoms with Crippen molar-refractivity contribution >= 4 is 52.4 Å². The van der Waals surface area contributed by atoms with Crippen LogP contribution in [0.1, 0.15) is 59.3 Å². The highest BCUT2D eigenvalue weighted by molar-refractivity contribution is 7.50. The summed E-state index contributed by atoms with van der Waals surface area (Å²) in [6.07, 6.45) is 6.21. The van der Waals surface area contributed by atoms with E-state index >= 15 is 0 Å². The summed E-state index contributed by atoms with van der Waals surface area (Å²) in [4.78, 5) is 70.8. The van der Waals surface area contributed by atoms with Crippen molar-refractivity contribution in [1.82, 2.24) is 20.1 Å². The molecule has 4 saturated heterocycles. The number of nitrogens with zero attached hydrogens (tertiary/aromatic N) is 4. The van der Waals surface area contributed by atoms with Crippen molar-refractivity contribution in [1.29, 1.82) is 0 Å². The molecule has 2 aromatic heterocycles. The van der Waals surface area contributed by atoms with E-state index in [1.807, 2.05) is 17.2 Å². The molecule has 4 atom stereocenters. The monoisotopic (exact) mass is 681 g/mol. The average Bonchev–Trinajstić information content (AvgIpc) is 3.56. The Balaban J connectivity index is 1.02. The molecular weight excluding hydrogens is 641 g/mol. The summed E-state index contributed by atoms with van der Waals surface area (Å²) in [6, 6.07) is 7.49. The fourth-order valence-electron chi connectivity index (χ4n) is 7.68. The van der Waals surface area contributed by atoms with Crippen molar-refractivity contribution in [2.24, 2.45) is 5.92 Å². The molecule has 1 aromatic carbocycles. The maximum Gasteiger partial charge on any atom is 0.329 e. The number of anilines is 1. The van der Waals surface area contributed by atoms with Gasteiger partial charge in [0.05, 0.1) is 17.1 Å². The third-order valence-corrected chi connectivity index (χ3v) is 12.0. The van der Waals surface area contributed by atoms with Crippen molar-refractivity contribution < 1.29 is 33.5 Å². The normalized spacial score (nSPS) is 25.4. The van der Waals surface area contributed by atoms with E-state index in [9.17, 15) is 28.7 Å². The van der Waals surface area contributed by atoms with Crippen molar-refractivity contribution in [2.45, 2.75) is 68.9 Å². The standard InChI is InChI=1S/C33H40N5O7PS/c1-19-9-23-4-5-28(33(41)37-14-22(15-37)25-13-34-8-7-27(25)36-16-24(17-36)45-2)38(23)32(40)26(10-19)35-31(39)30-12-21-11-20(18-46(42,43)44)3-6-29(21)47-30/h3,6-8,11-13,19,22-24,26,28H,4-5,9-10,14-18H2,1-2H3,(H,35,39)(H2,42,43,44)/t19-,23+,26-,28-/m0/s1. The van der Waals surface area contributed by atoms with Crippen LogP contribution in [0, 0.1) is 5.92 Å². The van der Waals surface area contributed by atoms with Gasteiger partial charge in [-0.05, 0) is 66.8 Å². The number of nitrogens with one attached hydrogen (secondary N) is 1. The van der Waals surface area contributed by atoms with Crippen LogP contribution in [-0.2, 0) is 25.1 Å². The molecule has 47 heavy (non-hydrogen) atoms. The van der Waals surface area contributed by atoms with Gasteiger partial charge in [-0.1, -0.05) is 13.0 Å². The van der Waals surface area contributed by atoms with Crippen LogP contribution < -0.4 is 10.2 Å². The van der Waals surface area contributed by atoms with Gasteiger partial charge in [0.25, 0.3) is 5.91 Å². The van der Waals surface area contributed by atoms with Crippen LogP contribution in [-0.4, -0.2) is 99.8 Å². The molecule has 3 amide bonds. The highest BCUT2D eigenvalue weighted by Gasteiger charge is 2.49. The zero-order chi connectivity index (χ0) is 33.0. The fourth-order valence-corrected chi connectivity index (χ4v) is 9.30. The number of aromatic nitrogens is 1. The number of methoxy groups -OCH3 is 1. The Labute approximate surface area is 277 Å². The molecule has 6 heterocycles. The number of rotatable bonds is 8. The molecule has 4 fully saturated rings. The largest absolute Gasteiger partial charge is 0.378 e. The summed E-state index contributed by atoms with van der Waals surface area (Å²) in [6.45, 7) is 4.93. The third kappa shape index (κ3) is 6.44. The Bertz CT molecular complexity index is 1750. The van der Waals surface area contributed by atoms with Crippen LogP contribution in [0.5, 0.6) is 0 Å². The number of amides is 3. The zero-order valence-corrected chi connectivity index (χ0v) is 28.2. The van der Waals surface area contributed by atoms with E-state index in [0.717, 1.165) is 41.9 Å². The van der Waals surface area contributed by atoms with Gasteiger partial charge in [0, 0.05) is 73.6 Å². The molecule has 0 bridgehead atoms. The second-order valence-electron chi connectivity index (χ2n) is 13.5. The topological polar surface area (TPSA) is 153 Å². The Hall–Kier alpha value is -3.35. The summed E-state index contributed by atoms with van der Waals surface area (Å²) < 4.78 is 17.7. The van der Waals surface area contributed by atoms with E-state index in [2.05, 4.69) is 22.1 Å². The van der Waals surface area contributed by atoms with E-state index in [0.29, 0.717) is 41.8 Å². The lowest BCUT2D eigenvalue weighted by Crippen LogP contribution is -2.59. The van der Waals surface area contributed by atoms with Gasteiger partial charge >= 0.3 is 7.60 Å². The van der Waals surface area contributed by atoms with E-state index in [1.54, 1.807) is 42.5 Å². The maximum atomic E-state index is 14.1. The molecule has 14 heteroatoms. The number of hydrogen-bond donors (Lipinski definition) is 3. The summed E-state index contributed by atoms with van der Waals surface area (Å²) in [5, 5.41) is 3.69. The number of likely N-dealkylation sites (tertiary alicyclic amines) is 1. The lowest BCUT2D eigenvalue weighted by Gasteiger charge is -2.45. The number of carbonyl (C=O) groups excluding carboxylic acids is 3. The SMILES string of the molecule is COC1CN(c2ccncc2C2CN(C(=O)[C@@H]3CC[C@@H]4C[C@H](C)C[C@H](NC(=O)c5cc6cc(CP(=O)(O)O)ccc6s5)C(=O)N43)C2)C1. The number of benzene rings is 1. The molecule has 7 rings (SSSR count). The molecule has 12 nitrogen and oxygen atoms in total. The number of ether oxygens (including phenoxy) is 1. The lowest BCUT2D eigenvalue weighted by atomic mass is 9.89. The van der Waals surface area contributed by atoms with Crippen molar-refractivity contribution in [3.05, 3.63) is 58.7 Å². The second-order valence-corrected chi connectivity index (χ2v) is 16.3. The molecule has 0 aliphatic carbocycles. The van der Waals surface area contributed by atoms with Gasteiger partial charge in [-0.15, -0.1) is 11.3 Å². The molecule has 4 aliphatic heterocycles. The first-order valence-electron chi connectivity index (χ1n) is 16.2. The van der Waals surface area contributed by atoms with E-state index < -0.39 is 19.7 Å². The van der Waals surface area contributed by atoms with Gasteiger partial charge in [-0.3, -0.25) is 23.9 Å². The van der Waals surface area contributed by atoms with Crippen molar-refractivity contribution in [2.75, 3.05) is 38.2 Å². The van der Waals surface area contributed by atoms with Crippen LogP contribution in [0.3, 0.4) is 0 Å². The van der Waals surface area contributed by atoms with Gasteiger partial charge in [0.15, 0.2) is 0 Å². The smallest absolute Gasteiger partial charge is 0.329 e. The molecule has 0 saturated carbocycles. The van der Waals surface area contributed by atoms with Gasteiger partial charge in [0.2, 0.25) is 11.8 Å². The quantitative estimate of drug-likeness (QED) is 0.304. The molecule has 0 spiro atoms. The van der Waals surface area contributed by atoms with E-state index in [4.69, 9.17) is 4.74 Å². The first-order valence-corrected chi connectivity index (χ1v) is 18.8. The second kappa shape index (κ2) is 12.6. The van der Waals surface area contributed by atoms with Gasteiger partial charge in [-0.25, -0.2) is 0 Å². The number of pyridine rings is 1. The molecule has 0 radical (unpaired) electrons. The predicted octanol–water partition coefficient (Wildman–Crippen LogP) is 3.32. The number of thiophene rings is 1.